The molecule has 1 atom stereocenters. The molecule has 0 spiro atoms. The first kappa shape index (κ1) is 14.7. The zero-order valence-electron chi connectivity index (χ0n) is 7.49. The highest BCUT2D eigenvalue weighted by atomic mass is 35.5. The van der Waals surface area contributed by atoms with E-state index in [0.717, 1.165) is 0 Å². The van der Waals surface area contributed by atoms with Crippen molar-refractivity contribution in [3.63, 3.8) is 0 Å². The molecule has 0 aromatic carbocycles. The Morgan fingerprint density at radius 3 is 2.38 bits per heavy atom. The molecule has 0 aliphatic carbocycles. The first-order chi connectivity index (χ1) is 5.57. The van der Waals surface area contributed by atoms with Gasteiger partial charge < -0.3 is 16.2 Å². The molecule has 0 unspecified atom stereocenters. The van der Waals surface area contributed by atoms with E-state index >= 15 is 0 Å². The third kappa shape index (κ3) is 7.55. The van der Waals surface area contributed by atoms with Gasteiger partial charge in [-0.05, 0) is 13.3 Å². The Balaban J connectivity index is 0. The summed E-state index contributed by atoms with van der Waals surface area (Å²) in [7, 11) is 0. The van der Waals surface area contributed by atoms with E-state index in [9.17, 15) is 9.59 Å². The number of esters is 1. The molecule has 4 N–H and O–H groups in total. The largest absolute Gasteiger partial charge is 0.466 e. The van der Waals surface area contributed by atoms with E-state index in [-0.39, 0.29) is 31.2 Å². The summed E-state index contributed by atoms with van der Waals surface area (Å²) in [5.41, 5.74) is 10.2. The van der Waals surface area contributed by atoms with Crippen LogP contribution in [0.4, 0.5) is 0 Å². The highest BCUT2D eigenvalue weighted by Gasteiger charge is 2.11. The van der Waals surface area contributed by atoms with Crippen molar-refractivity contribution in [2.45, 2.75) is 25.8 Å². The fraction of sp³-hybridized carbons (Fsp3) is 0.714. The van der Waals surface area contributed by atoms with Crippen LogP contribution in [0.3, 0.4) is 0 Å². The Bertz CT molecular complexity index is 175. The second-order valence-corrected chi connectivity index (χ2v) is 2.35. The predicted octanol–water partition coefficient (Wildman–Crippen LogP) is -0.436. The number of hydrogen-bond donors (Lipinski definition) is 2. The molecule has 0 fully saturated rings. The minimum atomic E-state index is -0.755. The van der Waals surface area contributed by atoms with Gasteiger partial charge in [-0.2, -0.15) is 0 Å². The number of amides is 1. The number of hydrogen-bond acceptors (Lipinski definition) is 4. The van der Waals surface area contributed by atoms with E-state index in [1.165, 1.54) is 0 Å². The van der Waals surface area contributed by atoms with Crippen molar-refractivity contribution in [1.82, 2.24) is 0 Å². The van der Waals surface area contributed by atoms with E-state index in [1.807, 2.05) is 0 Å². The van der Waals surface area contributed by atoms with Crippen molar-refractivity contribution in [2.75, 3.05) is 6.61 Å². The Kier molecular flexibility index (Phi) is 8.84. The van der Waals surface area contributed by atoms with Crippen LogP contribution in [0.5, 0.6) is 0 Å². The Labute approximate surface area is 83.2 Å². The average molecular weight is 211 g/mol. The van der Waals surface area contributed by atoms with Crippen LogP contribution in [-0.2, 0) is 14.3 Å². The van der Waals surface area contributed by atoms with E-state index in [0.29, 0.717) is 6.61 Å². The van der Waals surface area contributed by atoms with Crippen molar-refractivity contribution in [3.05, 3.63) is 0 Å². The van der Waals surface area contributed by atoms with Crippen LogP contribution in [0.2, 0.25) is 0 Å². The molecule has 0 aromatic rings. The van der Waals surface area contributed by atoms with Crippen molar-refractivity contribution in [1.29, 1.82) is 0 Å². The van der Waals surface area contributed by atoms with Crippen molar-refractivity contribution in [3.8, 4) is 0 Å². The third-order valence-electron chi connectivity index (χ3n) is 1.33. The van der Waals surface area contributed by atoms with Gasteiger partial charge in [-0.3, -0.25) is 9.59 Å². The van der Waals surface area contributed by atoms with Crippen LogP contribution < -0.4 is 11.5 Å². The molecule has 0 aliphatic heterocycles. The number of nitrogens with two attached hydrogens (primary N) is 2. The Hall–Kier alpha value is -0.810. The number of carbonyl (C=O) groups is 2. The molecular weight excluding hydrogens is 196 g/mol. The van der Waals surface area contributed by atoms with E-state index in [4.69, 9.17) is 11.5 Å². The van der Waals surface area contributed by atoms with Gasteiger partial charge in [0.05, 0.1) is 12.6 Å². The SMILES string of the molecule is CCOC(=O)CC[C@H](N)C(N)=O.Cl. The number of carbonyl (C=O) groups excluding carboxylic acids is 2. The molecule has 0 heterocycles. The van der Waals surface area contributed by atoms with Gasteiger partial charge in [-0.1, -0.05) is 0 Å². The summed E-state index contributed by atoms with van der Waals surface area (Å²) in [6.45, 7) is 2.05. The van der Waals surface area contributed by atoms with Gasteiger partial charge in [-0.25, -0.2) is 0 Å². The minimum absolute atomic E-state index is 0. The van der Waals surface area contributed by atoms with Gasteiger partial charge >= 0.3 is 5.97 Å². The van der Waals surface area contributed by atoms with Crippen LogP contribution in [0.1, 0.15) is 19.8 Å². The quantitative estimate of drug-likeness (QED) is 0.602. The number of primary amides is 1. The molecular formula is C7H15ClN2O3. The van der Waals surface area contributed by atoms with Crippen LogP contribution in [0.15, 0.2) is 0 Å². The van der Waals surface area contributed by atoms with Gasteiger partial charge in [0.1, 0.15) is 0 Å². The van der Waals surface area contributed by atoms with Crippen molar-refractivity contribution < 1.29 is 14.3 Å². The number of rotatable bonds is 5. The maximum absolute atomic E-state index is 10.7. The smallest absolute Gasteiger partial charge is 0.305 e. The molecule has 5 nitrogen and oxygen atoms in total. The molecule has 0 bridgehead atoms. The predicted molar refractivity (Wildman–Crippen MR) is 50.3 cm³/mol. The fourth-order valence-corrected chi connectivity index (χ4v) is 0.649. The normalized spacial score (nSPS) is 11.2. The summed E-state index contributed by atoms with van der Waals surface area (Å²) in [6, 6.07) is -0.755. The van der Waals surface area contributed by atoms with Crippen LogP contribution in [0.25, 0.3) is 0 Å². The highest BCUT2D eigenvalue weighted by molar-refractivity contribution is 5.85. The minimum Gasteiger partial charge on any atom is -0.466 e. The van der Waals surface area contributed by atoms with Gasteiger partial charge in [0.2, 0.25) is 5.91 Å². The van der Waals surface area contributed by atoms with E-state index in [1.54, 1.807) is 6.92 Å². The Morgan fingerprint density at radius 1 is 1.46 bits per heavy atom. The molecule has 0 aliphatic rings. The van der Waals surface area contributed by atoms with Crippen molar-refractivity contribution in [2.24, 2.45) is 11.5 Å². The highest BCUT2D eigenvalue weighted by Crippen LogP contribution is 1.96. The summed E-state index contributed by atoms with van der Waals surface area (Å²) >= 11 is 0. The topological polar surface area (TPSA) is 95.4 Å². The summed E-state index contributed by atoms with van der Waals surface area (Å²) in [6.07, 6.45) is 0.381. The zero-order valence-corrected chi connectivity index (χ0v) is 8.30. The summed E-state index contributed by atoms with van der Waals surface area (Å²) in [5, 5.41) is 0. The second-order valence-electron chi connectivity index (χ2n) is 2.35. The summed E-state index contributed by atoms with van der Waals surface area (Å²) in [5.74, 6) is -0.950. The zero-order chi connectivity index (χ0) is 9.56. The van der Waals surface area contributed by atoms with Gasteiger partial charge in [0.25, 0.3) is 0 Å². The van der Waals surface area contributed by atoms with Crippen molar-refractivity contribution >= 4 is 24.3 Å². The molecule has 13 heavy (non-hydrogen) atoms. The number of halogens is 1. The lowest BCUT2D eigenvalue weighted by Crippen LogP contribution is -2.36. The molecule has 0 saturated heterocycles. The third-order valence-corrected chi connectivity index (χ3v) is 1.33. The molecule has 6 heteroatoms. The summed E-state index contributed by atoms with van der Waals surface area (Å²) < 4.78 is 4.63. The van der Waals surface area contributed by atoms with E-state index in [2.05, 4.69) is 4.74 Å². The summed E-state index contributed by atoms with van der Waals surface area (Å²) in [4.78, 5) is 21.2. The fourth-order valence-electron chi connectivity index (χ4n) is 0.649. The maximum atomic E-state index is 10.7. The molecule has 0 saturated carbocycles. The van der Waals surface area contributed by atoms with E-state index < -0.39 is 11.9 Å². The lowest BCUT2D eigenvalue weighted by atomic mass is 10.1. The lowest BCUT2D eigenvalue weighted by molar-refractivity contribution is -0.143. The van der Waals surface area contributed by atoms with Gasteiger partial charge in [0.15, 0.2) is 0 Å². The molecule has 0 radical (unpaired) electrons. The van der Waals surface area contributed by atoms with Crippen LogP contribution >= 0.6 is 12.4 Å². The first-order valence-corrected chi connectivity index (χ1v) is 3.78. The molecule has 0 rings (SSSR count). The Morgan fingerprint density at radius 2 is 2.00 bits per heavy atom. The molecule has 0 aromatic heterocycles. The standard InChI is InChI=1S/C7H14N2O3.ClH/c1-2-12-6(10)4-3-5(8)7(9)11;/h5H,2-4,8H2,1H3,(H2,9,11);1H/t5-;/m0./s1. The van der Waals surface area contributed by atoms with Crippen LogP contribution in [-0.4, -0.2) is 24.5 Å². The molecule has 1 amide bonds. The lowest BCUT2D eigenvalue weighted by Gasteiger charge is -2.05. The van der Waals surface area contributed by atoms with Gasteiger partial charge in [-0.15, -0.1) is 12.4 Å². The van der Waals surface area contributed by atoms with Gasteiger partial charge in [0, 0.05) is 6.42 Å². The average Bonchev–Trinajstić information content (AvgIpc) is 2.00. The monoisotopic (exact) mass is 210 g/mol. The first-order valence-electron chi connectivity index (χ1n) is 3.78. The maximum Gasteiger partial charge on any atom is 0.305 e. The second kappa shape index (κ2) is 7.82. The molecule has 78 valence electrons. The number of ether oxygens (including phenoxy) is 1. The van der Waals surface area contributed by atoms with Crippen LogP contribution in [0, 0.1) is 0 Å².